The monoisotopic (exact) mass is 256 g/mol. The van der Waals surface area contributed by atoms with Crippen LogP contribution in [0.4, 0.5) is 0 Å². The molecule has 0 saturated heterocycles. The van der Waals surface area contributed by atoms with Gasteiger partial charge in [-0.1, -0.05) is 0 Å². The summed E-state index contributed by atoms with van der Waals surface area (Å²) in [4.78, 5) is 0. The molecule has 0 heterocycles. The Kier molecular flexibility index (Phi) is 99.8. The maximum atomic E-state index is 9.21. The summed E-state index contributed by atoms with van der Waals surface area (Å²) in [5, 5.41) is 0. The summed E-state index contributed by atoms with van der Waals surface area (Å²) in [5.41, 5.74) is 0. The van der Waals surface area contributed by atoms with Crippen LogP contribution in [-0.2, 0) is 24.8 Å². The molecule has 6 nitrogen and oxygen atoms in total. The average Bonchev–Trinajstić information content (AvgIpc) is 1.71. The Morgan fingerprint density at radius 1 is 1.00 bits per heavy atom. The van der Waals surface area contributed by atoms with Crippen LogP contribution in [0.3, 0.4) is 0 Å². The van der Waals surface area contributed by atoms with Gasteiger partial charge in [-0.2, -0.15) is 0 Å². The van der Waals surface area contributed by atoms with Crippen molar-refractivity contribution >= 4 is 40.3 Å². The molecule has 0 aromatic carbocycles. The Hall–Kier alpha value is 3.51. The van der Waals surface area contributed by atoms with E-state index in [1.165, 1.54) is 0 Å². The fraction of sp³-hybridized carbons (Fsp3) is 0. The van der Waals surface area contributed by atoms with Crippen molar-refractivity contribution in [3.8, 4) is 0 Å². The van der Waals surface area contributed by atoms with Crippen molar-refractivity contribution in [2.24, 2.45) is 0 Å². The van der Waals surface area contributed by atoms with E-state index in [1.54, 1.807) is 0 Å². The molecule has 0 saturated carbocycles. The van der Waals surface area contributed by atoms with Gasteiger partial charge in [-0.05, 0) is 0 Å². The van der Waals surface area contributed by atoms with Gasteiger partial charge in [0.2, 0.25) is 0 Å². The second kappa shape index (κ2) is 37.5. The molecule has 0 aliphatic rings. The van der Waals surface area contributed by atoms with E-state index >= 15 is 0 Å². The van der Waals surface area contributed by atoms with Gasteiger partial charge in [0.05, 0.1) is 0 Å². The standard InChI is InChI=1S/2Al.2K.O2Si.4O/c;;;;1-3-2;;;;/q;;2*+1;;;;;-2. The topological polar surface area (TPSA) is 106 Å². The molecule has 0 rings (SSSR count). The molecule has 0 fully saturated rings. The summed E-state index contributed by atoms with van der Waals surface area (Å²) in [7, 11) is -1.42. The average molecular weight is 256 g/mol. The Morgan fingerprint density at radius 3 is 1.18 bits per heavy atom. The third-order valence-electron chi connectivity index (χ3n) is 0.111. The first-order valence-corrected chi connectivity index (χ1v) is 4.05. The van der Waals surface area contributed by atoms with Crippen LogP contribution >= 0.6 is 0 Å². The van der Waals surface area contributed by atoms with Crippen molar-refractivity contribution in [3.63, 3.8) is 0 Å². The molecule has 0 spiro atoms. The fourth-order valence-corrected chi connectivity index (χ4v) is 0.204. The SMILES string of the molecule is O=[Si]=O.[K+].[K+].[O-2].[O]=[Al][O][Al]=[O]. The van der Waals surface area contributed by atoms with Crippen molar-refractivity contribution in [2.45, 2.75) is 0 Å². The van der Waals surface area contributed by atoms with Gasteiger partial charge in [-0.15, -0.1) is 0 Å². The summed E-state index contributed by atoms with van der Waals surface area (Å²) in [5.74, 6) is 0. The zero-order valence-electron chi connectivity index (χ0n) is 6.10. The fourth-order valence-electron chi connectivity index (χ4n) is 0.0227. The maximum absolute atomic E-state index is 9.21. The summed E-state index contributed by atoms with van der Waals surface area (Å²) in [6.07, 6.45) is 0. The van der Waals surface area contributed by atoms with Crippen LogP contribution in [0, 0.1) is 0 Å². The van der Waals surface area contributed by atoms with Gasteiger partial charge in [0.15, 0.2) is 0 Å². The van der Waals surface area contributed by atoms with E-state index < -0.39 is 40.3 Å². The Morgan fingerprint density at radius 2 is 1.18 bits per heavy atom. The molecule has 0 aromatic rings. The van der Waals surface area contributed by atoms with E-state index in [0.717, 1.165) is 0 Å². The van der Waals surface area contributed by atoms with Crippen molar-refractivity contribution < 1.29 is 128 Å². The Bertz CT molecular complexity index is 94.8. The molecule has 0 atom stereocenters. The second-order valence-electron chi connectivity index (χ2n) is 0.412. The summed E-state index contributed by atoms with van der Waals surface area (Å²) in [6, 6.07) is 0. The zero-order chi connectivity index (χ0) is 6.83. The first-order chi connectivity index (χ1) is 3.83. The van der Waals surface area contributed by atoms with Gasteiger partial charge in [-0.3, -0.25) is 8.92 Å². The molecule has 0 radical (unpaired) electrons. The summed E-state index contributed by atoms with van der Waals surface area (Å²) < 4.78 is 39.1. The third-order valence-corrected chi connectivity index (χ3v) is 1.00. The Labute approximate surface area is 163 Å². The number of hydrogen-bond donors (Lipinski definition) is 0. The summed E-state index contributed by atoms with van der Waals surface area (Å²) >= 11 is -2.48. The van der Waals surface area contributed by atoms with Crippen LogP contribution in [0.15, 0.2) is 0 Å². The van der Waals surface area contributed by atoms with Gasteiger partial charge in [0, 0.05) is 0 Å². The minimum absolute atomic E-state index is 0. The van der Waals surface area contributed by atoms with E-state index in [0.29, 0.717) is 0 Å². The van der Waals surface area contributed by atoms with Crippen LogP contribution in [0.1, 0.15) is 0 Å². The molecular formula is Al2K2O6Si. The predicted molar refractivity (Wildman–Crippen MR) is 21.8 cm³/mol. The van der Waals surface area contributed by atoms with Crippen molar-refractivity contribution in [1.82, 2.24) is 0 Å². The predicted octanol–water partition coefficient (Wildman–Crippen LogP) is -7.80. The molecule has 0 unspecified atom stereocenters. The molecular weight excluding hydrogens is 256 g/mol. The Balaban J connectivity index is -0.0000000183. The zero-order valence-corrected chi connectivity index (χ0v) is 15.7. The minimum atomic E-state index is -1.42. The van der Waals surface area contributed by atoms with E-state index in [2.05, 4.69) is 2.84 Å². The van der Waals surface area contributed by atoms with Crippen molar-refractivity contribution in [3.05, 3.63) is 0 Å². The first-order valence-electron chi connectivity index (χ1n) is 1.35. The molecule has 11 heteroatoms. The molecule has 0 amide bonds. The van der Waals surface area contributed by atoms with Gasteiger partial charge < -0.3 is 5.48 Å². The second-order valence-corrected chi connectivity index (χ2v) is 2.05. The van der Waals surface area contributed by atoms with Crippen LogP contribution in [0.25, 0.3) is 0 Å². The van der Waals surface area contributed by atoms with Gasteiger partial charge in [0.1, 0.15) is 0 Å². The molecule has 11 heavy (non-hydrogen) atoms. The van der Waals surface area contributed by atoms with Gasteiger partial charge in [-0.25, -0.2) is 0 Å². The molecule has 0 bridgehead atoms. The van der Waals surface area contributed by atoms with Gasteiger partial charge >= 0.3 is 153 Å². The van der Waals surface area contributed by atoms with Crippen LogP contribution in [-0.4, -0.2) is 40.3 Å². The molecule has 0 aliphatic heterocycles. The number of hydrogen-bond acceptors (Lipinski definition) is 5. The first kappa shape index (κ1) is 29.3. The van der Waals surface area contributed by atoms with E-state index in [4.69, 9.17) is 8.92 Å². The normalized spacial score (nSPS) is 2.55. The molecule has 0 N–H and O–H groups in total. The summed E-state index contributed by atoms with van der Waals surface area (Å²) in [6.45, 7) is 0. The quantitative estimate of drug-likeness (QED) is 0.456. The van der Waals surface area contributed by atoms with Crippen LogP contribution < -0.4 is 103 Å². The molecule has 0 aromatic heterocycles. The third kappa shape index (κ3) is 58.9. The van der Waals surface area contributed by atoms with Crippen LogP contribution in [0.2, 0.25) is 0 Å². The van der Waals surface area contributed by atoms with Crippen molar-refractivity contribution in [2.75, 3.05) is 0 Å². The van der Waals surface area contributed by atoms with Crippen molar-refractivity contribution in [1.29, 1.82) is 0 Å². The van der Waals surface area contributed by atoms with E-state index in [-0.39, 0.29) is 108 Å². The number of rotatable bonds is 2. The van der Waals surface area contributed by atoms with E-state index in [1.807, 2.05) is 0 Å². The molecule has 48 valence electrons. The van der Waals surface area contributed by atoms with Crippen LogP contribution in [0.5, 0.6) is 0 Å². The van der Waals surface area contributed by atoms with E-state index in [9.17, 15) is 7.61 Å². The van der Waals surface area contributed by atoms with Gasteiger partial charge in [0.25, 0.3) is 0 Å². The molecule has 0 aliphatic carbocycles.